The molecule has 1 fully saturated rings. The molecular weight excluding hydrogens is 368 g/mol. The maximum absolute atomic E-state index is 12.5. The maximum atomic E-state index is 12.5. The molecule has 1 aromatic carbocycles. The van der Waals surface area contributed by atoms with Crippen molar-refractivity contribution < 1.29 is 4.79 Å². The van der Waals surface area contributed by atoms with Crippen molar-refractivity contribution in [2.24, 2.45) is 5.92 Å². The zero-order valence-electron chi connectivity index (χ0n) is 13.9. The highest BCUT2D eigenvalue weighted by Crippen LogP contribution is 2.23. The Bertz CT molecular complexity index is 724. The molecule has 24 heavy (non-hydrogen) atoms. The zero-order chi connectivity index (χ0) is 17.1. The van der Waals surface area contributed by atoms with Crippen LogP contribution in [-0.2, 0) is 0 Å². The van der Waals surface area contributed by atoms with Crippen LogP contribution in [0.2, 0.25) is 0 Å². The van der Waals surface area contributed by atoms with Gasteiger partial charge in [0.15, 0.2) is 11.5 Å². The van der Waals surface area contributed by atoms with Crippen molar-refractivity contribution in [2.75, 3.05) is 18.4 Å². The Morgan fingerprint density at radius 3 is 2.58 bits per heavy atom. The highest BCUT2D eigenvalue weighted by atomic mass is 79.9. The predicted molar refractivity (Wildman–Crippen MR) is 98.5 cm³/mol. The number of hydrogen-bond acceptors (Lipinski definition) is 4. The molecule has 1 N–H and O–H groups in total. The largest absolute Gasteiger partial charge is 0.339 e. The first-order chi connectivity index (χ1) is 11.5. The Kier molecular flexibility index (Phi) is 5.14. The van der Waals surface area contributed by atoms with Crippen molar-refractivity contribution >= 4 is 33.3 Å². The van der Waals surface area contributed by atoms with Gasteiger partial charge in [-0.05, 0) is 61.6 Å². The summed E-state index contributed by atoms with van der Waals surface area (Å²) in [5, 5.41) is 11.5. The third-order valence-electron chi connectivity index (χ3n) is 4.41. The van der Waals surface area contributed by atoms with E-state index in [9.17, 15) is 4.79 Å². The average Bonchev–Trinajstić information content (AvgIpc) is 2.58. The second-order valence-corrected chi connectivity index (χ2v) is 7.28. The van der Waals surface area contributed by atoms with E-state index in [0.717, 1.165) is 41.7 Å². The summed E-state index contributed by atoms with van der Waals surface area (Å²) in [7, 11) is 0. The van der Waals surface area contributed by atoms with E-state index in [1.54, 1.807) is 12.1 Å². The monoisotopic (exact) mass is 388 g/mol. The minimum absolute atomic E-state index is 0.0271. The molecule has 0 atom stereocenters. The molecule has 0 aliphatic carbocycles. The van der Waals surface area contributed by atoms with Crippen LogP contribution in [0.5, 0.6) is 0 Å². The summed E-state index contributed by atoms with van der Waals surface area (Å²) in [5.41, 5.74) is 2.48. The first kappa shape index (κ1) is 16.9. The summed E-state index contributed by atoms with van der Waals surface area (Å²) in [4.78, 5) is 14.3. The van der Waals surface area contributed by atoms with Crippen molar-refractivity contribution in [1.29, 1.82) is 0 Å². The summed E-state index contributed by atoms with van der Waals surface area (Å²) in [5.74, 6) is 1.30. The second kappa shape index (κ2) is 7.30. The second-order valence-electron chi connectivity index (χ2n) is 6.36. The fraction of sp³-hybridized carbons (Fsp3) is 0.389. The highest BCUT2D eigenvalue weighted by Gasteiger charge is 2.22. The van der Waals surface area contributed by atoms with Crippen molar-refractivity contribution in [3.05, 3.63) is 46.1 Å². The van der Waals surface area contributed by atoms with Gasteiger partial charge in [0.25, 0.3) is 5.91 Å². The Morgan fingerprint density at radius 1 is 1.21 bits per heavy atom. The number of aryl methyl sites for hydroxylation is 1. The predicted octanol–water partition coefficient (Wildman–Crippen LogP) is 4.16. The number of anilines is 2. The minimum atomic E-state index is -0.0271. The fourth-order valence-corrected chi connectivity index (χ4v) is 3.27. The molecule has 1 aliphatic rings. The van der Waals surface area contributed by atoms with Crippen molar-refractivity contribution in [3.8, 4) is 0 Å². The number of rotatable bonds is 3. The lowest BCUT2D eigenvalue weighted by Gasteiger charge is -2.29. The number of nitrogens with zero attached hydrogens (tertiary/aromatic N) is 3. The molecular formula is C18H21BrN4O. The van der Waals surface area contributed by atoms with Crippen LogP contribution in [0.1, 0.15) is 35.8 Å². The number of likely N-dealkylation sites (tertiary alicyclic amines) is 1. The Labute approximate surface area is 150 Å². The number of amides is 1. The first-order valence-corrected chi connectivity index (χ1v) is 8.98. The van der Waals surface area contributed by atoms with Crippen LogP contribution in [0.25, 0.3) is 0 Å². The topological polar surface area (TPSA) is 58.1 Å². The SMILES string of the molecule is Cc1cc(Br)ccc1Nc1ccc(C(=O)N2CCC(C)CC2)nn1. The van der Waals surface area contributed by atoms with E-state index in [-0.39, 0.29) is 5.91 Å². The molecule has 0 saturated carbocycles. The van der Waals surface area contributed by atoms with Gasteiger partial charge in [-0.3, -0.25) is 4.79 Å². The molecule has 5 nitrogen and oxygen atoms in total. The number of halogens is 1. The normalized spacial score (nSPS) is 15.4. The van der Waals surface area contributed by atoms with Crippen LogP contribution in [0.3, 0.4) is 0 Å². The zero-order valence-corrected chi connectivity index (χ0v) is 15.5. The van der Waals surface area contributed by atoms with E-state index in [1.807, 2.05) is 30.0 Å². The van der Waals surface area contributed by atoms with Crippen LogP contribution in [-0.4, -0.2) is 34.1 Å². The Balaban J connectivity index is 1.68. The standard InChI is InChI=1S/C18H21BrN4O/c1-12-7-9-23(10-8-12)18(24)16-5-6-17(22-21-16)20-15-4-3-14(19)11-13(15)2/h3-6,11-12H,7-10H2,1-2H3,(H,20,22). The van der Waals surface area contributed by atoms with Gasteiger partial charge >= 0.3 is 0 Å². The van der Waals surface area contributed by atoms with Crippen LogP contribution in [0.15, 0.2) is 34.8 Å². The van der Waals surface area contributed by atoms with Gasteiger partial charge in [0.1, 0.15) is 0 Å². The quantitative estimate of drug-likeness (QED) is 0.857. The number of nitrogens with one attached hydrogen (secondary N) is 1. The molecule has 3 rings (SSSR count). The summed E-state index contributed by atoms with van der Waals surface area (Å²) in [6.07, 6.45) is 2.11. The Hall–Kier alpha value is -1.95. The van der Waals surface area contributed by atoms with E-state index in [2.05, 4.69) is 38.4 Å². The van der Waals surface area contributed by atoms with Crippen molar-refractivity contribution in [1.82, 2.24) is 15.1 Å². The average molecular weight is 389 g/mol. The summed E-state index contributed by atoms with van der Waals surface area (Å²) in [6, 6.07) is 9.52. The number of hydrogen-bond donors (Lipinski definition) is 1. The van der Waals surface area contributed by atoms with Crippen molar-refractivity contribution in [2.45, 2.75) is 26.7 Å². The molecule has 2 heterocycles. The van der Waals surface area contributed by atoms with Gasteiger partial charge in [-0.1, -0.05) is 22.9 Å². The molecule has 0 radical (unpaired) electrons. The summed E-state index contributed by atoms with van der Waals surface area (Å²) < 4.78 is 1.04. The smallest absolute Gasteiger partial charge is 0.274 e. The van der Waals surface area contributed by atoms with Gasteiger partial charge < -0.3 is 10.2 Å². The molecule has 0 spiro atoms. The van der Waals surface area contributed by atoms with Gasteiger partial charge in [-0.15, -0.1) is 10.2 Å². The third kappa shape index (κ3) is 3.93. The third-order valence-corrected chi connectivity index (χ3v) is 4.90. The van der Waals surface area contributed by atoms with Crippen LogP contribution >= 0.6 is 15.9 Å². The maximum Gasteiger partial charge on any atom is 0.274 e. The number of carbonyl (C=O) groups excluding carboxylic acids is 1. The van der Waals surface area contributed by atoms with Crippen LogP contribution < -0.4 is 5.32 Å². The molecule has 2 aromatic rings. The van der Waals surface area contributed by atoms with Gasteiger partial charge in [0.2, 0.25) is 0 Å². The lowest BCUT2D eigenvalue weighted by atomic mass is 9.99. The van der Waals surface area contributed by atoms with E-state index in [1.165, 1.54) is 0 Å². The van der Waals surface area contributed by atoms with Crippen molar-refractivity contribution in [3.63, 3.8) is 0 Å². The number of carbonyl (C=O) groups is 1. The van der Waals surface area contributed by atoms with E-state index in [4.69, 9.17) is 0 Å². The minimum Gasteiger partial charge on any atom is -0.339 e. The fourth-order valence-electron chi connectivity index (χ4n) is 2.79. The number of aromatic nitrogens is 2. The van der Waals surface area contributed by atoms with Gasteiger partial charge in [0, 0.05) is 23.2 Å². The number of piperidine rings is 1. The van der Waals surface area contributed by atoms with Gasteiger partial charge in [-0.25, -0.2) is 0 Å². The number of benzene rings is 1. The lowest BCUT2D eigenvalue weighted by Crippen LogP contribution is -2.38. The molecule has 1 saturated heterocycles. The molecule has 126 valence electrons. The van der Waals surface area contributed by atoms with Crippen LogP contribution in [0, 0.1) is 12.8 Å². The van der Waals surface area contributed by atoms with E-state index >= 15 is 0 Å². The summed E-state index contributed by atoms with van der Waals surface area (Å²) >= 11 is 3.45. The van der Waals surface area contributed by atoms with Crippen LogP contribution in [0.4, 0.5) is 11.5 Å². The molecule has 1 aliphatic heterocycles. The lowest BCUT2D eigenvalue weighted by molar-refractivity contribution is 0.0690. The molecule has 0 unspecified atom stereocenters. The first-order valence-electron chi connectivity index (χ1n) is 8.19. The molecule has 1 aromatic heterocycles. The highest BCUT2D eigenvalue weighted by molar-refractivity contribution is 9.10. The molecule has 6 heteroatoms. The van der Waals surface area contributed by atoms with Gasteiger partial charge in [-0.2, -0.15) is 0 Å². The van der Waals surface area contributed by atoms with E-state index < -0.39 is 0 Å². The Morgan fingerprint density at radius 2 is 1.96 bits per heavy atom. The molecule has 1 amide bonds. The van der Waals surface area contributed by atoms with Gasteiger partial charge in [0.05, 0.1) is 0 Å². The molecule has 0 bridgehead atoms. The summed E-state index contributed by atoms with van der Waals surface area (Å²) in [6.45, 7) is 5.86. The van der Waals surface area contributed by atoms with E-state index in [0.29, 0.717) is 17.4 Å².